The Morgan fingerprint density at radius 3 is 2.83 bits per heavy atom. The number of hydrogen-bond acceptors (Lipinski definition) is 4. The summed E-state index contributed by atoms with van der Waals surface area (Å²) in [4.78, 5) is 28.7. The number of fused-ring (bicyclic) bond motifs is 1. The zero-order valence-corrected chi connectivity index (χ0v) is 15.6. The van der Waals surface area contributed by atoms with E-state index in [1.807, 2.05) is 6.07 Å². The minimum absolute atomic E-state index is 0.0772. The molecule has 1 heterocycles. The average molecular weight is 398 g/mol. The Balaban J connectivity index is 2.52. The number of nitrogens with zero attached hydrogens (tertiary/aromatic N) is 2. The van der Waals surface area contributed by atoms with Gasteiger partial charge in [0.2, 0.25) is 5.91 Å². The molecule has 0 aliphatic heterocycles. The van der Waals surface area contributed by atoms with Crippen LogP contribution in [-0.4, -0.2) is 20.7 Å². The van der Waals surface area contributed by atoms with Gasteiger partial charge in [-0.1, -0.05) is 47.5 Å². The molecule has 1 atom stereocenters. The molecule has 7 heteroatoms. The van der Waals surface area contributed by atoms with Crippen LogP contribution in [0.3, 0.4) is 0 Å². The molecule has 1 amide bonds. The van der Waals surface area contributed by atoms with E-state index in [0.717, 1.165) is 23.7 Å². The highest BCUT2D eigenvalue weighted by Gasteiger charge is 2.17. The maximum Gasteiger partial charge on any atom is 0.262 e. The molecule has 0 bridgehead atoms. The number of carbonyl (C=O) groups excluding carboxylic acids is 1. The topological polar surface area (TPSA) is 78.0 Å². The SMILES string of the molecule is CCCCCn1c(S[C@H](C)C(N)=O)nc2ccc(Br)cc2c1=O. The van der Waals surface area contributed by atoms with Gasteiger partial charge < -0.3 is 5.73 Å². The van der Waals surface area contributed by atoms with Crippen molar-refractivity contribution in [2.45, 2.75) is 50.1 Å². The second-order valence-corrected chi connectivity index (χ2v) is 7.61. The molecule has 0 aliphatic rings. The van der Waals surface area contributed by atoms with Crippen molar-refractivity contribution in [1.82, 2.24) is 9.55 Å². The highest BCUT2D eigenvalue weighted by atomic mass is 79.9. The first-order chi connectivity index (χ1) is 10.9. The smallest absolute Gasteiger partial charge is 0.262 e. The number of halogens is 1. The standard InChI is InChI=1S/C16H20BrN3O2S/c1-3-4-5-8-20-15(22)12-9-11(17)6-7-13(12)19-16(20)23-10(2)14(18)21/h6-7,9-10H,3-5,8H2,1-2H3,(H2,18,21)/t10-/m1/s1. The summed E-state index contributed by atoms with van der Waals surface area (Å²) in [5.74, 6) is -0.416. The van der Waals surface area contributed by atoms with Crippen LogP contribution in [0.4, 0.5) is 0 Å². The van der Waals surface area contributed by atoms with Crippen LogP contribution in [0.5, 0.6) is 0 Å². The number of hydrogen-bond donors (Lipinski definition) is 1. The third-order valence-electron chi connectivity index (χ3n) is 3.55. The molecule has 0 saturated heterocycles. The van der Waals surface area contributed by atoms with Crippen molar-refractivity contribution in [3.05, 3.63) is 33.0 Å². The summed E-state index contributed by atoms with van der Waals surface area (Å²) in [7, 11) is 0. The Morgan fingerprint density at radius 2 is 2.17 bits per heavy atom. The van der Waals surface area contributed by atoms with Gasteiger partial charge in [-0.3, -0.25) is 14.2 Å². The number of unbranched alkanes of at least 4 members (excludes halogenated alkanes) is 2. The zero-order valence-electron chi connectivity index (χ0n) is 13.2. The van der Waals surface area contributed by atoms with Gasteiger partial charge in [-0.25, -0.2) is 4.98 Å². The minimum Gasteiger partial charge on any atom is -0.369 e. The largest absolute Gasteiger partial charge is 0.369 e. The molecule has 0 saturated carbocycles. The molecular weight excluding hydrogens is 378 g/mol. The molecule has 2 rings (SSSR count). The van der Waals surface area contributed by atoms with Gasteiger partial charge in [0.15, 0.2) is 5.16 Å². The van der Waals surface area contributed by atoms with E-state index in [-0.39, 0.29) is 5.56 Å². The van der Waals surface area contributed by atoms with Gasteiger partial charge in [0.05, 0.1) is 16.2 Å². The normalized spacial score (nSPS) is 12.5. The van der Waals surface area contributed by atoms with E-state index >= 15 is 0 Å². The van der Waals surface area contributed by atoms with Gasteiger partial charge in [-0.05, 0) is 31.5 Å². The van der Waals surface area contributed by atoms with Crippen molar-refractivity contribution in [2.24, 2.45) is 5.73 Å². The molecule has 2 N–H and O–H groups in total. The van der Waals surface area contributed by atoms with Crippen LogP contribution in [0.15, 0.2) is 32.6 Å². The molecule has 5 nitrogen and oxygen atoms in total. The molecule has 1 aromatic heterocycles. The quantitative estimate of drug-likeness (QED) is 0.441. The number of amides is 1. The summed E-state index contributed by atoms with van der Waals surface area (Å²) in [6.07, 6.45) is 3.01. The Morgan fingerprint density at radius 1 is 1.43 bits per heavy atom. The summed E-state index contributed by atoms with van der Waals surface area (Å²) in [6, 6.07) is 5.44. The molecule has 0 aliphatic carbocycles. The fourth-order valence-electron chi connectivity index (χ4n) is 2.20. The van der Waals surface area contributed by atoms with Gasteiger partial charge in [0.1, 0.15) is 0 Å². The molecule has 124 valence electrons. The molecule has 0 fully saturated rings. The van der Waals surface area contributed by atoms with E-state index in [1.165, 1.54) is 11.8 Å². The first kappa shape index (κ1) is 18.0. The zero-order chi connectivity index (χ0) is 17.0. The number of nitrogens with two attached hydrogens (primary N) is 1. The van der Waals surface area contributed by atoms with Crippen LogP contribution in [0.1, 0.15) is 33.1 Å². The average Bonchev–Trinajstić information content (AvgIpc) is 2.51. The van der Waals surface area contributed by atoms with Crippen molar-refractivity contribution < 1.29 is 4.79 Å². The van der Waals surface area contributed by atoms with Crippen molar-refractivity contribution in [3.8, 4) is 0 Å². The van der Waals surface area contributed by atoms with E-state index in [2.05, 4.69) is 27.8 Å². The van der Waals surface area contributed by atoms with Gasteiger partial charge in [-0.15, -0.1) is 0 Å². The lowest BCUT2D eigenvalue weighted by Crippen LogP contribution is -2.27. The number of aromatic nitrogens is 2. The molecule has 2 aromatic rings. The van der Waals surface area contributed by atoms with Crippen LogP contribution in [0, 0.1) is 0 Å². The van der Waals surface area contributed by atoms with Crippen LogP contribution in [0.25, 0.3) is 10.9 Å². The highest BCUT2D eigenvalue weighted by molar-refractivity contribution is 9.10. The fourth-order valence-corrected chi connectivity index (χ4v) is 3.44. The molecule has 0 radical (unpaired) electrons. The Bertz CT molecular complexity index is 776. The third kappa shape index (κ3) is 4.35. The van der Waals surface area contributed by atoms with Gasteiger partial charge in [-0.2, -0.15) is 0 Å². The number of primary amides is 1. The minimum atomic E-state index is -0.438. The summed E-state index contributed by atoms with van der Waals surface area (Å²) in [5, 5.41) is 0.686. The van der Waals surface area contributed by atoms with Gasteiger partial charge in [0, 0.05) is 11.0 Å². The van der Waals surface area contributed by atoms with Crippen LogP contribution in [-0.2, 0) is 11.3 Å². The predicted octanol–water partition coefficient (Wildman–Crippen LogP) is 3.32. The summed E-state index contributed by atoms with van der Waals surface area (Å²) >= 11 is 4.63. The lowest BCUT2D eigenvalue weighted by molar-refractivity contribution is -0.117. The third-order valence-corrected chi connectivity index (χ3v) is 5.15. The molecular formula is C16H20BrN3O2S. The van der Waals surface area contributed by atoms with Crippen molar-refractivity contribution in [1.29, 1.82) is 0 Å². The maximum atomic E-state index is 12.8. The monoisotopic (exact) mass is 397 g/mol. The van der Waals surface area contributed by atoms with Gasteiger partial charge >= 0.3 is 0 Å². The second kappa shape index (κ2) is 7.97. The van der Waals surface area contributed by atoms with E-state index < -0.39 is 11.2 Å². The van der Waals surface area contributed by atoms with E-state index in [4.69, 9.17) is 5.73 Å². The van der Waals surface area contributed by atoms with Crippen LogP contribution >= 0.6 is 27.7 Å². The fraction of sp³-hybridized carbons (Fsp3) is 0.438. The lowest BCUT2D eigenvalue weighted by atomic mass is 10.2. The highest BCUT2D eigenvalue weighted by Crippen LogP contribution is 2.24. The summed E-state index contributed by atoms with van der Waals surface area (Å²) in [6.45, 7) is 4.43. The van der Waals surface area contributed by atoms with E-state index in [0.29, 0.717) is 22.6 Å². The number of benzene rings is 1. The Kier molecular flexibility index (Phi) is 6.24. The molecule has 1 aromatic carbocycles. The summed E-state index contributed by atoms with van der Waals surface area (Å²) in [5.41, 5.74) is 5.90. The van der Waals surface area contributed by atoms with Crippen LogP contribution in [0.2, 0.25) is 0 Å². The first-order valence-electron chi connectivity index (χ1n) is 7.60. The summed E-state index contributed by atoms with van der Waals surface area (Å²) < 4.78 is 2.50. The molecule has 0 unspecified atom stereocenters. The van der Waals surface area contributed by atoms with E-state index in [9.17, 15) is 9.59 Å². The van der Waals surface area contributed by atoms with Crippen molar-refractivity contribution >= 4 is 44.5 Å². The first-order valence-corrected chi connectivity index (χ1v) is 9.27. The van der Waals surface area contributed by atoms with Crippen molar-refractivity contribution in [3.63, 3.8) is 0 Å². The maximum absolute atomic E-state index is 12.8. The number of thioether (sulfide) groups is 1. The Hall–Kier alpha value is -1.34. The molecule has 0 spiro atoms. The number of rotatable bonds is 7. The second-order valence-electron chi connectivity index (χ2n) is 5.38. The lowest BCUT2D eigenvalue weighted by Gasteiger charge is -2.15. The Labute approximate surface area is 147 Å². The van der Waals surface area contributed by atoms with Crippen LogP contribution < -0.4 is 11.3 Å². The molecule has 23 heavy (non-hydrogen) atoms. The van der Waals surface area contributed by atoms with Gasteiger partial charge in [0.25, 0.3) is 5.56 Å². The predicted molar refractivity (Wildman–Crippen MR) is 97.7 cm³/mol. The number of carbonyl (C=O) groups is 1. The van der Waals surface area contributed by atoms with Crippen molar-refractivity contribution in [2.75, 3.05) is 0 Å². The van der Waals surface area contributed by atoms with E-state index in [1.54, 1.807) is 23.6 Å².